The van der Waals surface area contributed by atoms with Gasteiger partial charge >= 0.3 is 0 Å². The maximum Gasteiger partial charge on any atom is 0.225 e. The molecule has 2 heterocycles. The van der Waals surface area contributed by atoms with Crippen molar-refractivity contribution in [2.75, 3.05) is 24.5 Å². The third-order valence-corrected chi connectivity index (χ3v) is 4.33. The van der Waals surface area contributed by atoms with Crippen LogP contribution in [0.3, 0.4) is 0 Å². The summed E-state index contributed by atoms with van der Waals surface area (Å²) in [6, 6.07) is 0. The van der Waals surface area contributed by atoms with Crippen LogP contribution in [0, 0.1) is 6.92 Å². The van der Waals surface area contributed by atoms with Crippen molar-refractivity contribution in [3.8, 4) is 0 Å². The average molecular weight is 246 g/mol. The lowest BCUT2D eigenvalue weighted by atomic mass is 9.79. The summed E-state index contributed by atoms with van der Waals surface area (Å²) in [7, 11) is 0. The van der Waals surface area contributed by atoms with Crippen molar-refractivity contribution in [2.24, 2.45) is 0 Å². The third-order valence-electron chi connectivity index (χ3n) is 4.33. The zero-order chi connectivity index (χ0) is 12.4. The molecule has 1 aromatic rings. The summed E-state index contributed by atoms with van der Waals surface area (Å²) < 4.78 is 0. The molecule has 0 amide bonds. The van der Waals surface area contributed by atoms with Crippen LogP contribution in [0.15, 0.2) is 12.4 Å². The number of hydrogen-bond donors (Lipinski definition) is 1. The summed E-state index contributed by atoms with van der Waals surface area (Å²) in [5.41, 5.74) is 1.40. The highest BCUT2D eigenvalue weighted by Crippen LogP contribution is 2.36. The highest BCUT2D eigenvalue weighted by Gasteiger charge is 2.40. The topological polar surface area (TPSA) is 41.1 Å². The number of nitrogens with one attached hydrogen (secondary N) is 1. The van der Waals surface area contributed by atoms with E-state index in [2.05, 4.69) is 20.2 Å². The number of hydrogen-bond acceptors (Lipinski definition) is 4. The predicted molar refractivity (Wildman–Crippen MR) is 72.8 cm³/mol. The highest BCUT2D eigenvalue weighted by molar-refractivity contribution is 5.37. The SMILES string of the molecule is Cc1cnc(N2CCNCC23CCCCC3)nc1. The van der Waals surface area contributed by atoms with Gasteiger partial charge in [0.15, 0.2) is 0 Å². The Hall–Kier alpha value is -1.16. The summed E-state index contributed by atoms with van der Waals surface area (Å²) in [5, 5.41) is 3.56. The first kappa shape index (κ1) is 11.9. The van der Waals surface area contributed by atoms with E-state index < -0.39 is 0 Å². The van der Waals surface area contributed by atoms with Crippen LogP contribution < -0.4 is 10.2 Å². The van der Waals surface area contributed by atoms with E-state index in [1.807, 2.05) is 19.3 Å². The molecule has 2 fully saturated rings. The number of aromatic nitrogens is 2. The Bertz CT molecular complexity index is 386. The molecule has 0 unspecified atom stereocenters. The first-order valence-corrected chi connectivity index (χ1v) is 7.07. The van der Waals surface area contributed by atoms with Crippen molar-refractivity contribution < 1.29 is 0 Å². The van der Waals surface area contributed by atoms with Crippen molar-refractivity contribution in [1.82, 2.24) is 15.3 Å². The molecule has 4 nitrogen and oxygen atoms in total. The van der Waals surface area contributed by atoms with Crippen molar-refractivity contribution in [1.29, 1.82) is 0 Å². The normalized spacial score (nSPS) is 23.3. The zero-order valence-electron chi connectivity index (χ0n) is 11.2. The molecular weight excluding hydrogens is 224 g/mol. The lowest BCUT2D eigenvalue weighted by Gasteiger charge is -2.49. The van der Waals surface area contributed by atoms with Crippen LogP contribution in [0.2, 0.25) is 0 Å². The zero-order valence-corrected chi connectivity index (χ0v) is 11.2. The summed E-state index contributed by atoms with van der Waals surface area (Å²) >= 11 is 0. The molecule has 2 aliphatic rings. The minimum absolute atomic E-state index is 0.270. The lowest BCUT2D eigenvalue weighted by molar-refractivity contribution is 0.238. The Kier molecular flexibility index (Phi) is 3.20. The number of nitrogens with zero attached hydrogens (tertiary/aromatic N) is 3. The van der Waals surface area contributed by atoms with Gasteiger partial charge in [0, 0.05) is 32.0 Å². The van der Waals surface area contributed by atoms with Gasteiger partial charge in [-0.1, -0.05) is 19.3 Å². The number of rotatable bonds is 1. The molecule has 0 aromatic carbocycles. The molecule has 1 saturated heterocycles. The second-order valence-corrected chi connectivity index (χ2v) is 5.67. The molecule has 1 saturated carbocycles. The summed E-state index contributed by atoms with van der Waals surface area (Å²) in [5.74, 6) is 0.920. The van der Waals surface area contributed by atoms with Crippen LogP contribution in [0.5, 0.6) is 0 Å². The molecule has 4 heteroatoms. The van der Waals surface area contributed by atoms with Crippen molar-refractivity contribution >= 4 is 5.95 Å². The second-order valence-electron chi connectivity index (χ2n) is 5.67. The maximum atomic E-state index is 4.54. The van der Waals surface area contributed by atoms with E-state index in [1.165, 1.54) is 32.1 Å². The van der Waals surface area contributed by atoms with Crippen LogP contribution >= 0.6 is 0 Å². The van der Waals surface area contributed by atoms with Gasteiger partial charge < -0.3 is 10.2 Å². The average Bonchev–Trinajstić information content (AvgIpc) is 2.42. The molecular formula is C14H22N4. The van der Waals surface area contributed by atoms with Gasteiger partial charge in [0.25, 0.3) is 0 Å². The molecule has 1 aromatic heterocycles. The monoisotopic (exact) mass is 246 g/mol. The lowest BCUT2D eigenvalue weighted by Crippen LogP contribution is -2.62. The Morgan fingerprint density at radius 2 is 1.89 bits per heavy atom. The minimum Gasteiger partial charge on any atom is -0.333 e. The Labute approximate surface area is 109 Å². The Balaban J connectivity index is 1.89. The molecule has 0 atom stereocenters. The summed E-state index contributed by atoms with van der Waals surface area (Å²) in [6.07, 6.45) is 10.5. The van der Waals surface area contributed by atoms with Crippen molar-refractivity contribution in [3.05, 3.63) is 18.0 Å². The number of piperazine rings is 1. The van der Waals surface area contributed by atoms with Crippen molar-refractivity contribution in [2.45, 2.75) is 44.6 Å². The molecule has 1 N–H and O–H groups in total. The fourth-order valence-electron chi connectivity index (χ4n) is 3.34. The van der Waals surface area contributed by atoms with E-state index in [1.54, 1.807) is 0 Å². The first-order valence-electron chi connectivity index (χ1n) is 7.07. The molecule has 98 valence electrons. The molecule has 1 spiro atoms. The molecule has 1 aliphatic carbocycles. The smallest absolute Gasteiger partial charge is 0.225 e. The summed E-state index contributed by atoms with van der Waals surface area (Å²) in [6.45, 7) is 5.20. The van der Waals surface area contributed by atoms with E-state index in [9.17, 15) is 0 Å². The fraction of sp³-hybridized carbons (Fsp3) is 0.714. The van der Waals surface area contributed by atoms with Crippen molar-refractivity contribution in [3.63, 3.8) is 0 Å². The van der Waals surface area contributed by atoms with E-state index in [4.69, 9.17) is 0 Å². The van der Waals surface area contributed by atoms with Gasteiger partial charge in [-0.2, -0.15) is 0 Å². The minimum atomic E-state index is 0.270. The van der Waals surface area contributed by atoms with E-state index in [0.29, 0.717) is 0 Å². The van der Waals surface area contributed by atoms with Crippen LogP contribution in [-0.4, -0.2) is 35.1 Å². The van der Waals surface area contributed by atoms with Crippen LogP contribution in [-0.2, 0) is 0 Å². The second kappa shape index (κ2) is 4.84. The van der Waals surface area contributed by atoms with Gasteiger partial charge in [0.05, 0.1) is 5.54 Å². The predicted octanol–water partition coefficient (Wildman–Crippen LogP) is 1.90. The van der Waals surface area contributed by atoms with E-state index >= 15 is 0 Å². The molecule has 0 bridgehead atoms. The van der Waals surface area contributed by atoms with Crippen LogP contribution in [0.1, 0.15) is 37.7 Å². The van der Waals surface area contributed by atoms with Crippen LogP contribution in [0.25, 0.3) is 0 Å². The van der Waals surface area contributed by atoms with E-state index in [0.717, 1.165) is 31.1 Å². The van der Waals surface area contributed by atoms with E-state index in [-0.39, 0.29) is 5.54 Å². The molecule has 1 aliphatic heterocycles. The molecule has 3 rings (SSSR count). The first-order chi connectivity index (χ1) is 8.80. The summed E-state index contributed by atoms with van der Waals surface area (Å²) in [4.78, 5) is 11.5. The number of aryl methyl sites for hydroxylation is 1. The van der Waals surface area contributed by atoms with Gasteiger partial charge in [-0.15, -0.1) is 0 Å². The fourth-order valence-corrected chi connectivity index (χ4v) is 3.34. The van der Waals surface area contributed by atoms with Gasteiger partial charge in [0.1, 0.15) is 0 Å². The largest absolute Gasteiger partial charge is 0.333 e. The number of anilines is 1. The molecule has 18 heavy (non-hydrogen) atoms. The Morgan fingerprint density at radius 1 is 1.17 bits per heavy atom. The van der Waals surface area contributed by atoms with Crippen LogP contribution in [0.4, 0.5) is 5.95 Å². The van der Waals surface area contributed by atoms with Gasteiger partial charge in [0.2, 0.25) is 5.95 Å². The highest BCUT2D eigenvalue weighted by atomic mass is 15.3. The van der Waals surface area contributed by atoms with Gasteiger partial charge in [-0.25, -0.2) is 9.97 Å². The standard InChI is InChI=1S/C14H22N4/c1-12-9-16-13(17-10-12)18-8-7-15-11-14(18)5-3-2-4-6-14/h9-10,15H,2-8,11H2,1H3. The molecule has 0 radical (unpaired) electrons. The van der Waals surface area contributed by atoms with Gasteiger partial charge in [-0.05, 0) is 25.3 Å². The van der Waals surface area contributed by atoms with Gasteiger partial charge in [-0.3, -0.25) is 0 Å². The maximum absolute atomic E-state index is 4.54. The quantitative estimate of drug-likeness (QED) is 0.821. The Morgan fingerprint density at radius 3 is 2.61 bits per heavy atom. The third kappa shape index (κ3) is 2.09.